The minimum atomic E-state index is -3.36. The van der Waals surface area contributed by atoms with Crippen LogP contribution in [0.3, 0.4) is 0 Å². The van der Waals surface area contributed by atoms with E-state index in [4.69, 9.17) is 0 Å². The number of aryl methyl sites for hydroxylation is 1. The van der Waals surface area contributed by atoms with Gasteiger partial charge in [0.2, 0.25) is 10.0 Å². The summed E-state index contributed by atoms with van der Waals surface area (Å²) >= 11 is 0. The molecular formula is C16H23NO3S. The van der Waals surface area contributed by atoms with Crippen LogP contribution in [0.25, 0.3) is 0 Å². The Bertz CT molecular complexity index is 592. The van der Waals surface area contributed by atoms with Gasteiger partial charge in [0, 0.05) is 19.5 Å². The summed E-state index contributed by atoms with van der Waals surface area (Å²) in [5.41, 5.74) is 1.05. The molecule has 1 atom stereocenters. The van der Waals surface area contributed by atoms with Gasteiger partial charge in [0.1, 0.15) is 5.78 Å². The van der Waals surface area contributed by atoms with Gasteiger partial charge < -0.3 is 4.79 Å². The van der Waals surface area contributed by atoms with Crippen molar-refractivity contribution in [2.45, 2.75) is 44.4 Å². The quantitative estimate of drug-likeness (QED) is 0.812. The molecule has 1 aromatic carbocycles. The number of ketones is 1. The number of carbonyl (C=O) groups excluding carboxylic acids is 1. The fourth-order valence-corrected chi connectivity index (χ4v) is 4.28. The molecule has 21 heavy (non-hydrogen) atoms. The Labute approximate surface area is 127 Å². The van der Waals surface area contributed by atoms with Gasteiger partial charge in [-0.05, 0) is 51.2 Å². The highest BCUT2D eigenvalue weighted by molar-refractivity contribution is 7.89. The number of Topliss-reactive ketones (excluding diaryl/α,β-unsaturated/α-hetero) is 1. The first-order valence-electron chi connectivity index (χ1n) is 7.46. The molecule has 2 rings (SSSR count). The van der Waals surface area contributed by atoms with E-state index in [1.165, 1.54) is 0 Å². The van der Waals surface area contributed by atoms with Gasteiger partial charge in [0.05, 0.1) is 4.90 Å². The predicted molar refractivity (Wildman–Crippen MR) is 82.6 cm³/mol. The van der Waals surface area contributed by atoms with E-state index < -0.39 is 10.0 Å². The highest BCUT2D eigenvalue weighted by Crippen LogP contribution is 2.27. The summed E-state index contributed by atoms with van der Waals surface area (Å²) < 4.78 is 26.7. The number of carbonyl (C=O) groups is 1. The third kappa shape index (κ3) is 4.14. The number of benzene rings is 1. The second kappa shape index (κ2) is 6.71. The molecule has 0 N–H and O–H groups in total. The molecule has 116 valence electrons. The van der Waals surface area contributed by atoms with Crippen molar-refractivity contribution in [3.8, 4) is 0 Å². The molecule has 4 nitrogen and oxygen atoms in total. The lowest BCUT2D eigenvalue weighted by Gasteiger charge is -2.16. The minimum absolute atomic E-state index is 0.206. The number of rotatable bonds is 6. The van der Waals surface area contributed by atoms with Crippen LogP contribution in [-0.4, -0.2) is 31.6 Å². The molecule has 0 spiro atoms. The van der Waals surface area contributed by atoms with Gasteiger partial charge in [0.15, 0.2) is 0 Å². The van der Waals surface area contributed by atoms with Crippen LogP contribution < -0.4 is 0 Å². The second-order valence-electron chi connectivity index (χ2n) is 5.93. The third-order valence-corrected chi connectivity index (χ3v) is 5.93. The third-order valence-electron chi connectivity index (χ3n) is 4.05. The Morgan fingerprint density at radius 3 is 2.57 bits per heavy atom. The lowest BCUT2D eigenvalue weighted by atomic mass is 10.0. The Kier molecular flexibility index (Phi) is 5.17. The van der Waals surface area contributed by atoms with Crippen LogP contribution in [0.1, 0.15) is 38.2 Å². The highest BCUT2D eigenvalue weighted by Gasteiger charge is 2.32. The van der Waals surface area contributed by atoms with Gasteiger partial charge in [-0.15, -0.1) is 0 Å². The topological polar surface area (TPSA) is 54.5 Å². The molecule has 1 fully saturated rings. The largest absolute Gasteiger partial charge is 0.300 e. The molecule has 5 heteroatoms. The second-order valence-corrected chi connectivity index (χ2v) is 7.86. The van der Waals surface area contributed by atoms with E-state index in [0.717, 1.165) is 24.8 Å². The van der Waals surface area contributed by atoms with Crippen LogP contribution in [0.5, 0.6) is 0 Å². The number of sulfonamides is 1. The van der Waals surface area contributed by atoms with Crippen molar-refractivity contribution in [3.63, 3.8) is 0 Å². The van der Waals surface area contributed by atoms with Crippen LogP contribution in [0.2, 0.25) is 0 Å². The van der Waals surface area contributed by atoms with Crippen LogP contribution in [-0.2, 0) is 14.8 Å². The molecule has 0 saturated carbocycles. The van der Waals surface area contributed by atoms with E-state index in [2.05, 4.69) is 0 Å². The zero-order valence-electron chi connectivity index (χ0n) is 12.7. The van der Waals surface area contributed by atoms with Crippen LogP contribution in [0.15, 0.2) is 29.2 Å². The molecule has 1 aliphatic heterocycles. The van der Waals surface area contributed by atoms with Crippen molar-refractivity contribution >= 4 is 15.8 Å². The minimum Gasteiger partial charge on any atom is -0.300 e. The van der Waals surface area contributed by atoms with E-state index in [9.17, 15) is 13.2 Å². The summed E-state index contributed by atoms with van der Waals surface area (Å²) in [5.74, 6) is 0.585. The molecule has 1 heterocycles. The summed E-state index contributed by atoms with van der Waals surface area (Å²) in [4.78, 5) is 11.3. The normalized spacial score (nSPS) is 19.8. The molecule has 0 aliphatic carbocycles. The average molecular weight is 309 g/mol. The molecule has 0 aromatic heterocycles. The number of nitrogens with zero attached hydrogens (tertiary/aromatic N) is 1. The Hall–Kier alpha value is -1.20. The van der Waals surface area contributed by atoms with Gasteiger partial charge in [-0.2, -0.15) is 4.31 Å². The van der Waals surface area contributed by atoms with Crippen molar-refractivity contribution in [2.75, 3.05) is 13.1 Å². The maximum absolute atomic E-state index is 12.5. The Morgan fingerprint density at radius 2 is 1.95 bits per heavy atom. The van der Waals surface area contributed by atoms with Crippen LogP contribution in [0.4, 0.5) is 0 Å². The van der Waals surface area contributed by atoms with Crippen molar-refractivity contribution in [2.24, 2.45) is 5.92 Å². The Morgan fingerprint density at radius 1 is 1.29 bits per heavy atom. The molecule has 0 amide bonds. The van der Waals surface area contributed by atoms with Crippen LogP contribution in [0, 0.1) is 12.8 Å². The van der Waals surface area contributed by atoms with Gasteiger partial charge in [-0.1, -0.05) is 17.7 Å². The highest BCUT2D eigenvalue weighted by atomic mass is 32.2. The smallest absolute Gasteiger partial charge is 0.243 e. The standard InChI is InChI=1S/C16H23NO3S/c1-13-6-8-16(9-7-13)21(19,20)17-11-10-15(12-17)5-3-4-14(2)18/h6-9,15H,3-5,10-12H2,1-2H3. The number of hydrogen-bond donors (Lipinski definition) is 0. The summed E-state index contributed by atoms with van der Waals surface area (Å²) in [7, 11) is -3.36. The lowest BCUT2D eigenvalue weighted by molar-refractivity contribution is -0.117. The van der Waals surface area contributed by atoms with Gasteiger partial charge in [-0.25, -0.2) is 8.42 Å². The van der Waals surface area contributed by atoms with Gasteiger partial charge in [-0.3, -0.25) is 0 Å². The zero-order valence-corrected chi connectivity index (χ0v) is 13.5. The summed E-state index contributed by atoms with van der Waals surface area (Å²) in [6.45, 7) is 4.70. The molecule has 1 aromatic rings. The molecule has 0 bridgehead atoms. The van der Waals surface area contributed by atoms with Crippen molar-refractivity contribution in [1.82, 2.24) is 4.31 Å². The molecule has 1 aliphatic rings. The SMILES string of the molecule is CC(=O)CCCC1CCN(S(=O)(=O)c2ccc(C)cc2)C1. The molecule has 1 saturated heterocycles. The average Bonchev–Trinajstić information content (AvgIpc) is 2.88. The summed E-state index contributed by atoms with van der Waals surface area (Å²) in [6, 6.07) is 7.00. The zero-order chi connectivity index (χ0) is 15.5. The van der Waals surface area contributed by atoms with Crippen molar-refractivity contribution < 1.29 is 13.2 Å². The summed E-state index contributed by atoms with van der Waals surface area (Å²) in [5, 5.41) is 0. The fraction of sp³-hybridized carbons (Fsp3) is 0.562. The first-order valence-corrected chi connectivity index (χ1v) is 8.90. The van der Waals surface area contributed by atoms with E-state index >= 15 is 0 Å². The maximum atomic E-state index is 12.5. The fourth-order valence-electron chi connectivity index (χ4n) is 2.75. The van der Waals surface area contributed by atoms with E-state index in [0.29, 0.717) is 30.3 Å². The van der Waals surface area contributed by atoms with Crippen LogP contribution >= 0.6 is 0 Å². The number of hydrogen-bond acceptors (Lipinski definition) is 3. The summed E-state index contributed by atoms with van der Waals surface area (Å²) in [6.07, 6.45) is 3.28. The maximum Gasteiger partial charge on any atom is 0.243 e. The predicted octanol–water partition coefficient (Wildman–Crippen LogP) is 2.76. The Balaban J connectivity index is 1.96. The van der Waals surface area contributed by atoms with E-state index in [1.807, 2.05) is 19.1 Å². The van der Waals surface area contributed by atoms with Gasteiger partial charge in [0.25, 0.3) is 0 Å². The molecular weight excluding hydrogens is 286 g/mol. The molecule has 0 radical (unpaired) electrons. The van der Waals surface area contributed by atoms with Crippen molar-refractivity contribution in [3.05, 3.63) is 29.8 Å². The van der Waals surface area contributed by atoms with Gasteiger partial charge >= 0.3 is 0 Å². The lowest BCUT2D eigenvalue weighted by Crippen LogP contribution is -2.28. The van der Waals surface area contributed by atoms with E-state index in [-0.39, 0.29) is 5.78 Å². The first-order chi connectivity index (χ1) is 9.89. The van der Waals surface area contributed by atoms with Crippen molar-refractivity contribution in [1.29, 1.82) is 0 Å². The molecule has 1 unspecified atom stereocenters. The monoisotopic (exact) mass is 309 g/mol. The van der Waals surface area contributed by atoms with E-state index in [1.54, 1.807) is 23.4 Å². The first kappa shape index (κ1) is 16.2.